The molecule has 0 saturated carbocycles. The van der Waals surface area contributed by atoms with Gasteiger partial charge in [-0.05, 0) is 73.1 Å². The van der Waals surface area contributed by atoms with Crippen molar-refractivity contribution in [1.29, 1.82) is 0 Å². The Morgan fingerprint density at radius 3 is 2.92 bits per heavy atom. The largest absolute Gasteiger partial charge is 0.493 e. The van der Waals surface area contributed by atoms with E-state index in [0.29, 0.717) is 25.6 Å². The Bertz CT molecular complexity index is 1490. The van der Waals surface area contributed by atoms with Crippen molar-refractivity contribution < 1.29 is 14.3 Å². The molecular weight excluding hydrogens is 476 g/mol. The average molecular weight is 509 g/mol. The second-order valence-corrected chi connectivity index (χ2v) is 10.1. The van der Waals surface area contributed by atoms with Gasteiger partial charge in [0.05, 0.1) is 12.6 Å². The number of H-pyrrole nitrogens is 1. The quantitative estimate of drug-likeness (QED) is 0.369. The topological polar surface area (TPSA) is 70.7 Å². The number of hydrogen-bond acceptors (Lipinski definition) is 5. The van der Waals surface area contributed by atoms with Crippen LogP contribution in [0.4, 0.5) is 0 Å². The molecule has 1 atom stereocenters. The monoisotopic (exact) mass is 508 g/mol. The summed E-state index contributed by atoms with van der Waals surface area (Å²) in [7, 11) is 4.01. The highest BCUT2D eigenvalue weighted by molar-refractivity contribution is 5.93. The lowest BCUT2D eigenvalue weighted by atomic mass is 9.91. The first-order valence-electron chi connectivity index (χ1n) is 13.1. The van der Waals surface area contributed by atoms with Crippen LogP contribution in [-0.2, 0) is 17.6 Å². The summed E-state index contributed by atoms with van der Waals surface area (Å²) < 4.78 is 11.4. The molecule has 1 amide bonds. The predicted molar refractivity (Wildman–Crippen MR) is 149 cm³/mol. The molecule has 7 nitrogen and oxygen atoms in total. The van der Waals surface area contributed by atoms with Gasteiger partial charge in [-0.15, -0.1) is 0 Å². The number of aromatic nitrogens is 2. The van der Waals surface area contributed by atoms with Gasteiger partial charge in [0.15, 0.2) is 0 Å². The number of hydrogen-bond donors (Lipinski definition) is 1. The number of nitrogens with zero attached hydrogens (tertiary/aromatic N) is 3. The Kier molecular flexibility index (Phi) is 6.60. The number of carbonyl (C=O) groups excluding carboxylic acids is 1. The zero-order valence-corrected chi connectivity index (χ0v) is 21.8. The lowest BCUT2D eigenvalue weighted by Gasteiger charge is -2.36. The standard InChI is InChI=1S/C31H32N4O3/c1-34(2)16-18-38-28-11-7-21(20-32-28)8-12-29(36)35-15-13-25-24-5-3-4-6-26(24)33-30(25)31(35)23-9-10-27-22(19-23)14-17-37-27/h3-12,19-20,31,33H,13-18H2,1-2H3/t31-/m1/s1. The van der Waals surface area contributed by atoms with Gasteiger partial charge in [0, 0.05) is 54.4 Å². The van der Waals surface area contributed by atoms with Crippen molar-refractivity contribution in [3.8, 4) is 11.6 Å². The Labute approximate surface area is 222 Å². The summed E-state index contributed by atoms with van der Waals surface area (Å²) in [5, 5.41) is 1.23. The molecule has 0 unspecified atom stereocenters. The molecule has 4 heterocycles. The normalized spacial score (nSPS) is 16.6. The minimum absolute atomic E-state index is 0.0256. The summed E-state index contributed by atoms with van der Waals surface area (Å²) in [5.41, 5.74) is 6.66. The molecule has 0 aliphatic carbocycles. The van der Waals surface area contributed by atoms with Crippen LogP contribution in [0.25, 0.3) is 17.0 Å². The van der Waals surface area contributed by atoms with E-state index in [1.807, 2.05) is 49.3 Å². The molecule has 7 heteroatoms. The van der Waals surface area contributed by atoms with Crippen LogP contribution in [0.2, 0.25) is 0 Å². The van der Waals surface area contributed by atoms with Gasteiger partial charge in [-0.1, -0.05) is 24.3 Å². The zero-order chi connectivity index (χ0) is 26.1. The van der Waals surface area contributed by atoms with E-state index in [2.05, 4.69) is 45.2 Å². The van der Waals surface area contributed by atoms with Gasteiger partial charge < -0.3 is 24.3 Å². The highest BCUT2D eigenvalue weighted by Crippen LogP contribution is 2.40. The molecule has 0 bridgehead atoms. The fourth-order valence-electron chi connectivity index (χ4n) is 5.37. The van der Waals surface area contributed by atoms with E-state index in [9.17, 15) is 4.79 Å². The SMILES string of the molecule is CN(C)CCOc1ccc(C=CC(=O)N2CCc3c([nH]c4ccccc34)[C@H]2c2ccc3c(c2)CCO3)cn1. The number of para-hydroxylation sites is 1. The van der Waals surface area contributed by atoms with E-state index < -0.39 is 0 Å². The third-order valence-corrected chi connectivity index (χ3v) is 7.31. The van der Waals surface area contributed by atoms with Gasteiger partial charge in [-0.3, -0.25) is 4.79 Å². The Morgan fingerprint density at radius 2 is 2.08 bits per heavy atom. The predicted octanol–water partition coefficient (Wildman–Crippen LogP) is 4.63. The Balaban J connectivity index is 1.27. The molecule has 4 aromatic rings. The first kappa shape index (κ1) is 24.2. The van der Waals surface area contributed by atoms with E-state index in [4.69, 9.17) is 9.47 Å². The van der Waals surface area contributed by atoms with E-state index in [0.717, 1.165) is 47.5 Å². The number of benzene rings is 2. The van der Waals surface area contributed by atoms with Crippen molar-refractivity contribution in [2.24, 2.45) is 0 Å². The van der Waals surface area contributed by atoms with Crippen LogP contribution < -0.4 is 9.47 Å². The first-order chi connectivity index (χ1) is 18.6. The summed E-state index contributed by atoms with van der Waals surface area (Å²) in [6, 6.07) is 18.3. The summed E-state index contributed by atoms with van der Waals surface area (Å²) in [5.74, 6) is 1.50. The fraction of sp³-hybridized carbons (Fsp3) is 0.290. The second-order valence-electron chi connectivity index (χ2n) is 10.1. The highest BCUT2D eigenvalue weighted by atomic mass is 16.5. The van der Waals surface area contributed by atoms with Crippen molar-refractivity contribution in [2.45, 2.75) is 18.9 Å². The molecule has 2 aliphatic heterocycles. The number of likely N-dealkylation sites (N-methyl/N-ethyl adjacent to an activating group) is 1. The summed E-state index contributed by atoms with van der Waals surface area (Å²) >= 11 is 0. The maximum atomic E-state index is 13.6. The Hall–Kier alpha value is -4.10. The average Bonchev–Trinajstić information content (AvgIpc) is 3.55. The molecule has 194 valence electrons. The molecule has 0 fully saturated rings. The van der Waals surface area contributed by atoms with Gasteiger partial charge in [-0.25, -0.2) is 4.98 Å². The maximum Gasteiger partial charge on any atom is 0.247 e. The van der Waals surface area contributed by atoms with E-state index in [1.165, 1.54) is 16.5 Å². The van der Waals surface area contributed by atoms with Crippen molar-refractivity contribution >= 4 is 22.9 Å². The minimum Gasteiger partial charge on any atom is -0.493 e. The molecule has 0 saturated heterocycles. The van der Waals surface area contributed by atoms with Crippen LogP contribution in [0.3, 0.4) is 0 Å². The first-order valence-corrected chi connectivity index (χ1v) is 13.1. The van der Waals surface area contributed by atoms with Crippen molar-refractivity contribution in [1.82, 2.24) is 19.8 Å². The molecule has 0 radical (unpaired) electrons. The Morgan fingerprint density at radius 1 is 1.18 bits per heavy atom. The minimum atomic E-state index is -0.195. The zero-order valence-electron chi connectivity index (χ0n) is 21.8. The van der Waals surface area contributed by atoms with Gasteiger partial charge >= 0.3 is 0 Å². The molecule has 6 rings (SSSR count). The molecule has 0 spiro atoms. The molecule has 2 aliphatic rings. The number of fused-ring (bicyclic) bond motifs is 4. The van der Waals surface area contributed by atoms with Crippen LogP contribution in [0.1, 0.15) is 34.0 Å². The molecular formula is C31H32N4O3. The van der Waals surface area contributed by atoms with Crippen LogP contribution in [0.15, 0.2) is 66.9 Å². The molecule has 2 aromatic heterocycles. The number of nitrogens with one attached hydrogen (secondary N) is 1. The second kappa shape index (κ2) is 10.3. The third-order valence-electron chi connectivity index (χ3n) is 7.31. The van der Waals surface area contributed by atoms with Gasteiger partial charge in [0.1, 0.15) is 12.4 Å². The lowest BCUT2D eigenvalue weighted by molar-refractivity contribution is -0.128. The van der Waals surface area contributed by atoms with Gasteiger partial charge in [0.25, 0.3) is 0 Å². The van der Waals surface area contributed by atoms with Crippen molar-refractivity contribution in [3.63, 3.8) is 0 Å². The fourth-order valence-corrected chi connectivity index (χ4v) is 5.37. The summed E-state index contributed by atoms with van der Waals surface area (Å²) in [6.07, 6.45) is 6.92. The number of pyridine rings is 1. The van der Waals surface area contributed by atoms with Crippen LogP contribution in [0, 0.1) is 0 Å². The number of carbonyl (C=O) groups is 1. The smallest absolute Gasteiger partial charge is 0.247 e. The summed E-state index contributed by atoms with van der Waals surface area (Å²) in [6.45, 7) is 2.76. The maximum absolute atomic E-state index is 13.6. The van der Waals surface area contributed by atoms with E-state index >= 15 is 0 Å². The van der Waals surface area contributed by atoms with Crippen LogP contribution in [0.5, 0.6) is 11.6 Å². The van der Waals surface area contributed by atoms with Gasteiger partial charge in [0.2, 0.25) is 11.8 Å². The van der Waals surface area contributed by atoms with E-state index in [1.54, 1.807) is 12.3 Å². The third kappa shape index (κ3) is 4.77. The van der Waals surface area contributed by atoms with E-state index in [-0.39, 0.29) is 11.9 Å². The van der Waals surface area contributed by atoms with Crippen LogP contribution in [-0.4, -0.2) is 66.1 Å². The lowest BCUT2D eigenvalue weighted by Crippen LogP contribution is -2.39. The van der Waals surface area contributed by atoms with Crippen molar-refractivity contribution in [3.05, 3.63) is 94.8 Å². The number of amides is 1. The van der Waals surface area contributed by atoms with Gasteiger partial charge in [-0.2, -0.15) is 0 Å². The van der Waals surface area contributed by atoms with Crippen LogP contribution >= 0.6 is 0 Å². The van der Waals surface area contributed by atoms with Crippen molar-refractivity contribution in [2.75, 3.05) is 40.4 Å². The number of aromatic amines is 1. The summed E-state index contributed by atoms with van der Waals surface area (Å²) in [4.78, 5) is 25.7. The highest BCUT2D eigenvalue weighted by Gasteiger charge is 2.34. The molecule has 1 N–H and O–H groups in total. The molecule has 2 aromatic carbocycles. The number of ether oxygens (including phenoxy) is 2. The number of rotatable bonds is 7. The molecule has 38 heavy (non-hydrogen) atoms.